The maximum Gasteiger partial charge on any atom is 0.162 e. The molecule has 5 heteroatoms. The van der Waals surface area contributed by atoms with Crippen LogP contribution in [0.2, 0.25) is 0 Å². The molecule has 0 spiro atoms. The van der Waals surface area contributed by atoms with E-state index in [0.29, 0.717) is 12.6 Å². The molecule has 0 saturated carbocycles. The number of rotatable bonds is 4. The molecule has 2 N–H and O–H groups in total. The Morgan fingerprint density at radius 3 is 2.81 bits per heavy atom. The van der Waals surface area contributed by atoms with Crippen LogP contribution in [0.25, 0.3) is 0 Å². The summed E-state index contributed by atoms with van der Waals surface area (Å²) in [4.78, 5) is 0. The monoisotopic (exact) mass is 224 g/mol. The van der Waals surface area contributed by atoms with Crippen LogP contribution in [0.5, 0.6) is 0 Å². The molecule has 1 fully saturated rings. The first-order valence-electron chi connectivity index (χ1n) is 6.03. The van der Waals surface area contributed by atoms with Crippen LogP contribution in [0.3, 0.4) is 0 Å². The van der Waals surface area contributed by atoms with Crippen molar-refractivity contribution in [1.29, 1.82) is 0 Å². The molecule has 2 unspecified atom stereocenters. The highest BCUT2D eigenvalue weighted by molar-refractivity contribution is 5.01. The highest BCUT2D eigenvalue weighted by atomic mass is 16.5. The summed E-state index contributed by atoms with van der Waals surface area (Å²) in [5.74, 6) is 1.81. The van der Waals surface area contributed by atoms with Crippen molar-refractivity contribution in [2.45, 2.75) is 58.4 Å². The van der Waals surface area contributed by atoms with E-state index in [9.17, 15) is 0 Å². The van der Waals surface area contributed by atoms with Crippen LogP contribution >= 0.6 is 0 Å². The van der Waals surface area contributed by atoms with Crippen molar-refractivity contribution in [1.82, 2.24) is 14.8 Å². The molecule has 1 aromatic heterocycles. The minimum Gasteiger partial charge on any atom is -0.367 e. The summed E-state index contributed by atoms with van der Waals surface area (Å²) in [7, 11) is 0. The number of hydrogen-bond acceptors (Lipinski definition) is 4. The first kappa shape index (κ1) is 11.5. The third kappa shape index (κ3) is 2.10. The van der Waals surface area contributed by atoms with Crippen molar-refractivity contribution < 1.29 is 4.74 Å². The summed E-state index contributed by atoms with van der Waals surface area (Å²) in [6.45, 7) is 5.60. The highest BCUT2D eigenvalue weighted by Crippen LogP contribution is 2.31. The highest BCUT2D eigenvalue weighted by Gasteiger charge is 2.28. The molecule has 2 rings (SSSR count). The standard InChI is InChI=1S/C11H20N4O/c1-3-6-15-10(7-12)13-14-11(15)9-5-4-8(2)16-9/h8-9H,3-7,12H2,1-2H3. The van der Waals surface area contributed by atoms with Crippen LogP contribution in [-0.4, -0.2) is 20.9 Å². The molecule has 1 aliphatic heterocycles. The molecule has 1 aliphatic rings. The number of nitrogens with two attached hydrogens (primary N) is 1. The summed E-state index contributed by atoms with van der Waals surface area (Å²) in [6.07, 6.45) is 3.63. The Morgan fingerprint density at radius 1 is 1.44 bits per heavy atom. The summed E-state index contributed by atoms with van der Waals surface area (Å²) in [5.41, 5.74) is 5.66. The van der Waals surface area contributed by atoms with E-state index in [-0.39, 0.29) is 6.10 Å². The van der Waals surface area contributed by atoms with Gasteiger partial charge < -0.3 is 15.0 Å². The second-order valence-corrected chi connectivity index (χ2v) is 4.34. The molecular weight excluding hydrogens is 204 g/mol. The third-order valence-corrected chi connectivity index (χ3v) is 3.01. The fraction of sp³-hybridized carbons (Fsp3) is 0.818. The van der Waals surface area contributed by atoms with Crippen LogP contribution < -0.4 is 5.73 Å². The number of nitrogens with zero attached hydrogens (tertiary/aromatic N) is 3. The van der Waals surface area contributed by atoms with Gasteiger partial charge in [-0.1, -0.05) is 6.92 Å². The lowest BCUT2D eigenvalue weighted by Gasteiger charge is -2.13. The molecule has 0 aliphatic carbocycles. The van der Waals surface area contributed by atoms with Crippen LogP contribution in [0, 0.1) is 0 Å². The van der Waals surface area contributed by atoms with Crippen LogP contribution in [0.15, 0.2) is 0 Å². The lowest BCUT2D eigenvalue weighted by Crippen LogP contribution is -2.14. The van der Waals surface area contributed by atoms with Gasteiger partial charge in [0.1, 0.15) is 11.9 Å². The van der Waals surface area contributed by atoms with Gasteiger partial charge in [0.2, 0.25) is 0 Å². The van der Waals surface area contributed by atoms with E-state index in [2.05, 4.69) is 28.6 Å². The van der Waals surface area contributed by atoms with Gasteiger partial charge in [0.15, 0.2) is 5.82 Å². The molecule has 2 atom stereocenters. The van der Waals surface area contributed by atoms with Crippen molar-refractivity contribution in [2.75, 3.05) is 0 Å². The second-order valence-electron chi connectivity index (χ2n) is 4.34. The van der Waals surface area contributed by atoms with E-state index in [1.165, 1.54) is 0 Å². The zero-order valence-corrected chi connectivity index (χ0v) is 10.0. The van der Waals surface area contributed by atoms with Gasteiger partial charge in [-0.25, -0.2) is 0 Å². The third-order valence-electron chi connectivity index (χ3n) is 3.01. The van der Waals surface area contributed by atoms with Gasteiger partial charge in [0.05, 0.1) is 12.6 Å². The van der Waals surface area contributed by atoms with E-state index in [0.717, 1.165) is 37.5 Å². The molecule has 2 heterocycles. The van der Waals surface area contributed by atoms with Crippen molar-refractivity contribution in [3.05, 3.63) is 11.6 Å². The Kier molecular flexibility index (Phi) is 3.56. The smallest absolute Gasteiger partial charge is 0.162 e. The average molecular weight is 224 g/mol. The van der Waals surface area contributed by atoms with Crippen molar-refractivity contribution in [3.63, 3.8) is 0 Å². The van der Waals surface area contributed by atoms with E-state index >= 15 is 0 Å². The van der Waals surface area contributed by atoms with Gasteiger partial charge in [-0.3, -0.25) is 0 Å². The minimum atomic E-state index is 0.106. The van der Waals surface area contributed by atoms with E-state index < -0.39 is 0 Å². The van der Waals surface area contributed by atoms with E-state index in [4.69, 9.17) is 10.5 Å². The molecule has 1 aromatic rings. The second kappa shape index (κ2) is 4.93. The predicted molar refractivity (Wildman–Crippen MR) is 60.7 cm³/mol. The van der Waals surface area contributed by atoms with Gasteiger partial charge in [0, 0.05) is 6.54 Å². The molecule has 0 bridgehead atoms. The molecule has 0 radical (unpaired) electrons. The SMILES string of the molecule is CCCn1c(CN)nnc1C1CCC(C)O1. The van der Waals surface area contributed by atoms with Crippen LogP contribution in [0.1, 0.15) is 50.9 Å². The minimum absolute atomic E-state index is 0.106. The van der Waals surface area contributed by atoms with Gasteiger partial charge in [-0.15, -0.1) is 10.2 Å². The Labute approximate surface area is 96.0 Å². The zero-order valence-electron chi connectivity index (χ0n) is 10.0. The predicted octanol–water partition coefficient (Wildman–Crippen LogP) is 1.39. The normalized spacial score (nSPS) is 25.2. The molecule has 16 heavy (non-hydrogen) atoms. The Bertz CT molecular complexity index is 350. The topological polar surface area (TPSA) is 66.0 Å². The number of ether oxygens (including phenoxy) is 1. The van der Waals surface area contributed by atoms with E-state index in [1.807, 2.05) is 0 Å². The fourth-order valence-electron chi connectivity index (χ4n) is 2.20. The molecule has 0 amide bonds. The molecule has 1 saturated heterocycles. The summed E-state index contributed by atoms with van der Waals surface area (Å²) in [5, 5.41) is 8.36. The summed E-state index contributed by atoms with van der Waals surface area (Å²) >= 11 is 0. The fourth-order valence-corrected chi connectivity index (χ4v) is 2.20. The van der Waals surface area contributed by atoms with Gasteiger partial charge in [-0.2, -0.15) is 0 Å². The average Bonchev–Trinajstić information content (AvgIpc) is 2.85. The van der Waals surface area contributed by atoms with Gasteiger partial charge in [-0.05, 0) is 26.2 Å². The quantitative estimate of drug-likeness (QED) is 0.839. The zero-order chi connectivity index (χ0) is 11.5. The molecular formula is C11H20N4O. The van der Waals surface area contributed by atoms with E-state index in [1.54, 1.807) is 0 Å². The lowest BCUT2D eigenvalue weighted by atomic mass is 10.2. The van der Waals surface area contributed by atoms with Gasteiger partial charge >= 0.3 is 0 Å². The van der Waals surface area contributed by atoms with Crippen LogP contribution in [-0.2, 0) is 17.8 Å². The van der Waals surface area contributed by atoms with Crippen LogP contribution in [0.4, 0.5) is 0 Å². The Balaban J connectivity index is 2.22. The largest absolute Gasteiger partial charge is 0.367 e. The molecule has 5 nitrogen and oxygen atoms in total. The molecule has 90 valence electrons. The maximum atomic E-state index is 5.83. The van der Waals surface area contributed by atoms with Crippen molar-refractivity contribution in [3.8, 4) is 0 Å². The lowest BCUT2D eigenvalue weighted by molar-refractivity contribution is 0.0478. The Hall–Kier alpha value is -0.940. The maximum absolute atomic E-state index is 5.83. The summed E-state index contributed by atoms with van der Waals surface area (Å²) < 4.78 is 7.94. The number of aromatic nitrogens is 3. The van der Waals surface area contributed by atoms with Crippen molar-refractivity contribution >= 4 is 0 Å². The summed E-state index contributed by atoms with van der Waals surface area (Å²) in [6, 6.07) is 0. The Morgan fingerprint density at radius 2 is 2.25 bits per heavy atom. The first-order chi connectivity index (χ1) is 7.76. The molecule has 0 aromatic carbocycles. The van der Waals surface area contributed by atoms with Crippen molar-refractivity contribution in [2.24, 2.45) is 5.73 Å². The van der Waals surface area contributed by atoms with Gasteiger partial charge in [0.25, 0.3) is 0 Å². The number of hydrogen-bond donors (Lipinski definition) is 1. The first-order valence-corrected chi connectivity index (χ1v) is 6.03.